The molecule has 6 heteroatoms. The van der Waals surface area contributed by atoms with Crippen LogP contribution in [0.1, 0.15) is 10.6 Å². The SMILES string of the molecule is O=C(c1ncc[nH]1)N1CCN(c2ccccn2)CC1. The second-order valence-electron chi connectivity index (χ2n) is 4.40. The average molecular weight is 257 g/mol. The molecule has 0 spiro atoms. The Labute approximate surface area is 111 Å². The van der Waals surface area contributed by atoms with Crippen LogP contribution in [0.3, 0.4) is 0 Å². The highest BCUT2D eigenvalue weighted by molar-refractivity contribution is 5.90. The van der Waals surface area contributed by atoms with Gasteiger partial charge in [-0.05, 0) is 12.1 Å². The Kier molecular flexibility index (Phi) is 3.14. The van der Waals surface area contributed by atoms with Gasteiger partial charge in [0.25, 0.3) is 5.91 Å². The molecule has 98 valence electrons. The lowest BCUT2D eigenvalue weighted by Gasteiger charge is -2.34. The van der Waals surface area contributed by atoms with Crippen LogP contribution in [0.4, 0.5) is 5.82 Å². The van der Waals surface area contributed by atoms with Gasteiger partial charge in [-0.1, -0.05) is 6.07 Å². The number of imidazole rings is 1. The van der Waals surface area contributed by atoms with E-state index in [1.54, 1.807) is 18.6 Å². The summed E-state index contributed by atoms with van der Waals surface area (Å²) in [6.07, 6.45) is 5.05. The van der Waals surface area contributed by atoms with Crippen molar-refractivity contribution in [3.63, 3.8) is 0 Å². The van der Waals surface area contributed by atoms with E-state index >= 15 is 0 Å². The highest BCUT2D eigenvalue weighted by Crippen LogP contribution is 2.13. The highest BCUT2D eigenvalue weighted by Gasteiger charge is 2.23. The third-order valence-corrected chi connectivity index (χ3v) is 3.24. The fourth-order valence-corrected chi connectivity index (χ4v) is 2.21. The number of aromatic nitrogens is 3. The van der Waals surface area contributed by atoms with Gasteiger partial charge in [-0.25, -0.2) is 9.97 Å². The largest absolute Gasteiger partial charge is 0.353 e. The van der Waals surface area contributed by atoms with Crippen molar-refractivity contribution >= 4 is 11.7 Å². The first kappa shape index (κ1) is 11.7. The molecule has 1 amide bonds. The summed E-state index contributed by atoms with van der Waals surface area (Å²) in [5, 5.41) is 0. The Morgan fingerprint density at radius 1 is 1.11 bits per heavy atom. The van der Waals surface area contributed by atoms with E-state index in [9.17, 15) is 4.79 Å². The summed E-state index contributed by atoms with van der Waals surface area (Å²) in [5.41, 5.74) is 0. The van der Waals surface area contributed by atoms with Crippen molar-refractivity contribution in [2.24, 2.45) is 0 Å². The maximum atomic E-state index is 12.1. The maximum Gasteiger partial charge on any atom is 0.289 e. The van der Waals surface area contributed by atoms with Crippen LogP contribution < -0.4 is 4.90 Å². The number of hydrogen-bond acceptors (Lipinski definition) is 4. The Morgan fingerprint density at radius 2 is 1.95 bits per heavy atom. The van der Waals surface area contributed by atoms with Crippen LogP contribution in [0.15, 0.2) is 36.8 Å². The molecule has 0 aromatic carbocycles. The van der Waals surface area contributed by atoms with E-state index in [1.165, 1.54) is 0 Å². The molecule has 0 radical (unpaired) electrons. The molecule has 3 heterocycles. The van der Waals surface area contributed by atoms with Crippen LogP contribution in [0.25, 0.3) is 0 Å². The number of amides is 1. The molecule has 1 fully saturated rings. The van der Waals surface area contributed by atoms with Gasteiger partial charge in [0.1, 0.15) is 5.82 Å². The third-order valence-electron chi connectivity index (χ3n) is 3.24. The summed E-state index contributed by atoms with van der Waals surface area (Å²) in [7, 11) is 0. The molecule has 0 atom stereocenters. The van der Waals surface area contributed by atoms with Crippen LogP contribution >= 0.6 is 0 Å². The molecule has 0 aliphatic carbocycles. The number of rotatable bonds is 2. The molecular weight excluding hydrogens is 242 g/mol. The van der Waals surface area contributed by atoms with Gasteiger partial charge in [-0.3, -0.25) is 4.79 Å². The molecule has 1 saturated heterocycles. The Morgan fingerprint density at radius 3 is 2.58 bits per heavy atom. The zero-order chi connectivity index (χ0) is 13.1. The minimum atomic E-state index is -0.0364. The number of hydrogen-bond donors (Lipinski definition) is 1. The Hall–Kier alpha value is -2.37. The van der Waals surface area contributed by atoms with E-state index in [-0.39, 0.29) is 5.91 Å². The number of nitrogens with one attached hydrogen (secondary N) is 1. The van der Waals surface area contributed by atoms with Gasteiger partial charge in [0.05, 0.1) is 0 Å². The predicted octanol–water partition coefficient (Wildman–Crippen LogP) is 0.767. The van der Waals surface area contributed by atoms with Crippen molar-refractivity contribution in [2.45, 2.75) is 0 Å². The van der Waals surface area contributed by atoms with Crippen molar-refractivity contribution < 1.29 is 4.79 Å². The van der Waals surface area contributed by atoms with Crippen LogP contribution in [-0.2, 0) is 0 Å². The lowest BCUT2D eigenvalue weighted by atomic mass is 10.3. The smallest absolute Gasteiger partial charge is 0.289 e. The molecule has 0 unspecified atom stereocenters. The Bertz CT molecular complexity index is 531. The summed E-state index contributed by atoms with van der Waals surface area (Å²) >= 11 is 0. The summed E-state index contributed by atoms with van der Waals surface area (Å²) in [5.74, 6) is 1.34. The summed E-state index contributed by atoms with van der Waals surface area (Å²) in [6.45, 7) is 2.97. The Balaban J connectivity index is 1.62. The van der Waals surface area contributed by atoms with E-state index in [2.05, 4.69) is 19.9 Å². The standard InChI is InChI=1S/C13H15N5O/c19-13(12-15-5-6-16-12)18-9-7-17(8-10-18)11-3-1-2-4-14-11/h1-6H,7-10H2,(H,15,16). The minimum Gasteiger partial charge on any atom is -0.353 e. The van der Waals surface area contributed by atoms with Gasteiger partial charge in [0, 0.05) is 44.8 Å². The summed E-state index contributed by atoms with van der Waals surface area (Å²) in [4.78, 5) is 27.3. The first-order valence-corrected chi connectivity index (χ1v) is 6.29. The van der Waals surface area contributed by atoms with Crippen molar-refractivity contribution in [1.29, 1.82) is 0 Å². The van der Waals surface area contributed by atoms with Crippen LogP contribution in [-0.4, -0.2) is 51.9 Å². The van der Waals surface area contributed by atoms with Gasteiger partial charge in [0.2, 0.25) is 0 Å². The number of nitrogens with zero attached hydrogens (tertiary/aromatic N) is 4. The minimum absolute atomic E-state index is 0.0364. The van der Waals surface area contributed by atoms with Crippen molar-refractivity contribution in [3.8, 4) is 0 Å². The molecule has 0 bridgehead atoms. The van der Waals surface area contributed by atoms with Crippen molar-refractivity contribution in [3.05, 3.63) is 42.6 Å². The van der Waals surface area contributed by atoms with Crippen LogP contribution in [0.5, 0.6) is 0 Å². The van der Waals surface area contributed by atoms with Gasteiger partial charge in [-0.15, -0.1) is 0 Å². The lowest BCUT2D eigenvalue weighted by molar-refractivity contribution is 0.0735. The number of anilines is 1. The van der Waals surface area contributed by atoms with Gasteiger partial charge in [0.15, 0.2) is 5.82 Å². The maximum absolute atomic E-state index is 12.1. The van der Waals surface area contributed by atoms with E-state index in [1.807, 2.05) is 23.1 Å². The lowest BCUT2D eigenvalue weighted by Crippen LogP contribution is -2.49. The fourth-order valence-electron chi connectivity index (χ4n) is 2.21. The average Bonchev–Trinajstić information content (AvgIpc) is 3.02. The normalized spacial score (nSPS) is 15.6. The monoisotopic (exact) mass is 257 g/mol. The summed E-state index contributed by atoms with van der Waals surface area (Å²) < 4.78 is 0. The molecule has 2 aromatic rings. The third kappa shape index (κ3) is 2.42. The molecule has 1 aliphatic rings. The zero-order valence-electron chi connectivity index (χ0n) is 10.5. The van der Waals surface area contributed by atoms with Crippen LogP contribution in [0.2, 0.25) is 0 Å². The van der Waals surface area contributed by atoms with Crippen LogP contribution in [0, 0.1) is 0 Å². The number of carbonyl (C=O) groups excluding carboxylic acids is 1. The fraction of sp³-hybridized carbons (Fsp3) is 0.308. The number of aromatic amines is 1. The molecule has 19 heavy (non-hydrogen) atoms. The number of piperazine rings is 1. The molecule has 0 saturated carbocycles. The molecule has 1 aliphatic heterocycles. The second-order valence-corrected chi connectivity index (χ2v) is 4.40. The van der Waals surface area contributed by atoms with E-state index in [0.29, 0.717) is 18.9 Å². The second kappa shape index (κ2) is 5.09. The molecule has 3 rings (SSSR count). The molecule has 6 nitrogen and oxygen atoms in total. The van der Waals surface area contributed by atoms with Crippen molar-refractivity contribution in [1.82, 2.24) is 19.9 Å². The van der Waals surface area contributed by atoms with Gasteiger partial charge in [-0.2, -0.15) is 0 Å². The topological polar surface area (TPSA) is 65.1 Å². The van der Waals surface area contributed by atoms with Gasteiger partial charge < -0.3 is 14.8 Å². The summed E-state index contributed by atoms with van der Waals surface area (Å²) in [6, 6.07) is 5.87. The van der Waals surface area contributed by atoms with E-state index in [0.717, 1.165) is 18.9 Å². The zero-order valence-corrected chi connectivity index (χ0v) is 10.5. The van der Waals surface area contributed by atoms with E-state index < -0.39 is 0 Å². The number of pyridine rings is 1. The number of H-pyrrole nitrogens is 1. The molecular formula is C13H15N5O. The first-order chi connectivity index (χ1) is 9.34. The number of carbonyl (C=O) groups is 1. The first-order valence-electron chi connectivity index (χ1n) is 6.29. The molecule has 2 aromatic heterocycles. The quantitative estimate of drug-likeness (QED) is 0.863. The molecule has 1 N–H and O–H groups in total. The van der Waals surface area contributed by atoms with Crippen molar-refractivity contribution in [2.75, 3.05) is 31.1 Å². The van der Waals surface area contributed by atoms with Gasteiger partial charge >= 0.3 is 0 Å². The van der Waals surface area contributed by atoms with E-state index in [4.69, 9.17) is 0 Å². The predicted molar refractivity (Wildman–Crippen MR) is 70.9 cm³/mol. The highest BCUT2D eigenvalue weighted by atomic mass is 16.2.